The van der Waals surface area contributed by atoms with E-state index in [-0.39, 0.29) is 5.69 Å². The number of hydrogen-bond donors (Lipinski definition) is 0. The molecule has 0 saturated heterocycles. The summed E-state index contributed by atoms with van der Waals surface area (Å²) < 4.78 is 6.55. The molecule has 0 aromatic heterocycles. The van der Waals surface area contributed by atoms with Gasteiger partial charge in [0.2, 0.25) is 0 Å². The van der Waals surface area contributed by atoms with E-state index in [1.165, 1.54) is 12.1 Å². The SMILES string of the molecule is CC(C)c1ccccc1OCc1ccc([N+](=O)[O-])cc1Br. The average molecular weight is 350 g/mol. The number of para-hydroxylation sites is 1. The van der Waals surface area contributed by atoms with E-state index >= 15 is 0 Å². The quantitative estimate of drug-likeness (QED) is 0.559. The molecule has 0 bridgehead atoms. The van der Waals surface area contributed by atoms with Crippen molar-refractivity contribution in [2.45, 2.75) is 26.4 Å². The van der Waals surface area contributed by atoms with Gasteiger partial charge in [-0.3, -0.25) is 10.1 Å². The maximum absolute atomic E-state index is 10.7. The lowest BCUT2D eigenvalue weighted by Crippen LogP contribution is -2.01. The van der Waals surface area contributed by atoms with E-state index in [0.717, 1.165) is 16.9 Å². The minimum atomic E-state index is -0.413. The second-order valence-electron chi connectivity index (χ2n) is 5.01. The fourth-order valence-corrected chi connectivity index (χ4v) is 2.49. The van der Waals surface area contributed by atoms with Gasteiger partial charge in [0.15, 0.2) is 0 Å². The van der Waals surface area contributed by atoms with Crippen molar-refractivity contribution in [1.82, 2.24) is 0 Å². The number of nitro groups is 1. The van der Waals surface area contributed by atoms with Crippen molar-refractivity contribution in [3.05, 3.63) is 68.2 Å². The van der Waals surface area contributed by atoms with E-state index in [0.29, 0.717) is 17.0 Å². The number of halogens is 1. The molecule has 0 unspecified atom stereocenters. The summed E-state index contributed by atoms with van der Waals surface area (Å²) in [5.41, 5.74) is 2.09. The first-order chi connectivity index (χ1) is 9.99. The molecule has 0 amide bonds. The number of ether oxygens (including phenoxy) is 1. The normalized spacial score (nSPS) is 10.7. The molecule has 0 atom stereocenters. The van der Waals surface area contributed by atoms with Crippen LogP contribution >= 0.6 is 15.9 Å². The van der Waals surface area contributed by atoms with E-state index in [2.05, 4.69) is 29.8 Å². The maximum Gasteiger partial charge on any atom is 0.270 e. The van der Waals surface area contributed by atoms with Crippen molar-refractivity contribution in [2.75, 3.05) is 0 Å². The number of non-ortho nitro benzene ring substituents is 1. The van der Waals surface area contributed by atoms with E-state index in [4.69, 9.17) is 4.74 Å². The first-order valence-electron chi connectivity index (χ1n) is 6.63. The van der Waals surface area contributed by atoms with Crippen molar-refractivity contribution >= 4 is 21.6 Å². The molecule has 2 aromatic rings. The third-order valence-electron chi connectivity index (χ3n) is 3.17. The lowest BCUT2D eigenvalue weighted by molar-refractivity contribution is -0.384. The minimum absolute atomic E-state index is 0.0632. The molecule has 0 aliphatic rings. The highest BCUT2D eigenvalue weighted by atomic mass is 79.9. The molecule has 0 N–H and O–H groups in total. The van der Waals surface area contributed by atoms with Crippen LogP contribution in [0.3, 0.4) is 0 Å². The Morgan fingerprint density at radius 2 is 1.95 bits per heavy atom. The Morgan fingerprint density at radius 1 is 1.24 bits per heavy atom. The van der Waals surface area contributed by atoms with Gasteiger partial charge in [-0.1, -0.05) is 48.0 Å². The van der Waals surface area contributed by atoms with Gasteiger partial charge < -0.3 is 4.74 Å². The molecule has 2 rings (SSSR count). The first-order valence-corrected chi connectivity index (χ1v) is 7.43. The Morgan fingerprint density at radius 3 is 2.57 bits per heavy atom. The van der Waals surface area contributed by atoms with Gasteiger partial charge in [-0.2, -0.15) is 0 Å². The maximum atomic E-state index is 10.7. The van der Waals surface area contributed by atoms with Gasteiger partial charge in [-0.05, 0) is 23.6 Å². The Balaban J connectivity index is 2.15. The van der Waals surface area contributed by atoms with Crippen LogP contribution in [0.1, 0.15) is 30.9 Å². The summed E-state index contributed by atoms with van der Waals surface area (Å²) in [5, 5.41) is 10.7. The molecule has 0 aliphatic heterocycles. The van der Waals surface area contributed by atoms with Gasteiger partial charge in [-0.25, -0.2) is 0 Å². The molecule has 21 heavy (non-hydrogen) atoms. The fourth-order valence-electron chi connectivity index (χ4n) is 2.01. The fraction of sp³-hybridized carbons (Fsp3) is 0.250. The Labute approximate surface area is 132 Å². The molecule has 0 aliphatic carbocycles. The Kier molecular flexibility index (Phi) is 4.96. The standard InChI is InChI=1S/C16H16BrNO3/c1-11(2)14-5-3-4-6-16(14)21-10-12-7-8-13(18(19)20)9-15(12)17/h3-9,11H,10H2,1-2H3. The molecule has 2 aromatic carbocycles. The van der Waals surface area contributed by atoms with Crippen LogP contribution in [0, 0.1) is 10.1 Å². The highest BCUT2D eigenvalue weighted by Gasteiger charge is 2.11. The van der Waals surface area contributed by atoms with Crippen molar-refractivity contribution in [2.24, 2.45) is 0 Å². The predicted octanol–water partition coefficient (Wildman–Crippen LogP) is 5.06. The molecule has 4 nitrogen and oxygen atoms in total. The van der Waals surface area contributed by atoms with Crippen LogP contribution in [0.25, 0.3) is 0 Å². The zero-order chi connectivity index (χ0) is 15.4. The zero-order valence-electron chi connectivity index (χ0n) is 11.9. The van der Waals surface area contributed by atoms with Gasteiger partial charge in [0.05, 0.1) is 4.92 Å². The number of benzene rings is 2. The van der Waals surface area contributed by atoms with Gasteiger partial charge in [0.25, 0.3) is 5.69 Å². The largest absolute Gasteiger partial charge is 0.489 e. The molecular formula is C16H16BrNO3. The van der Waals surface area contributed by atoms with Crippen molar-refractivity contribution < 1.29 is 9.66 Å². The van der Waals surface area contributed by atoms with Gasteiger partial charge >= 0.3 is 0 Å². The van der Waals surface area contributed by atoms with Crippen LogP contribution in [0.4, 0.5) is 5.69 Å². The molecular weight excluding hydrogens is 334 g/mol. The molecule has 0 heterocycles. The number of nitrogens with zero attached hydrogens (tertiary/aromatic N) is 1. The molecule has 110 valence electrons. The zero-order valence-corrected chi connectivity index (χ0v) is 13.5. The Bertz CT molecular complexity index is 656. The van der Waals surface area contributed by atoms with Crippen molar-refractivity contribution in [1.29, 1.82) is 0 Å². The topological polar surface area (TPSA) is 52.4 Å². The summed E-state index contributed by atoms with van der Waals surface area (Å²) >= 11 is 3.35. The third kappa shape index (κ3) is 3.82. The van der Waals surface area contributed by atoms with Crippen LogP contribution in [-0.2, 0) is 6.61 Å². The summed E-state index contributed by atoms with van der Waals surface area (Å²) in [7, 11) is 0. The Hall–Kier alpha value is -1.88. The van der Waals surface area contributed by atoms with E-state index in [1.807, 2.05) is 24.3 Å². The highest BCUT2D eigenvalue weighted by molar-refractivity contribution is 9.10. The monoisotopic (exact) mass is 349 g/mol. The second-order valence-corrected chi connectivity index (χ2v) is 5.87. The summed E-state index contributed by atoms with van der Waals surface area (Å²) in [5.74, 6) is 1.22. The smallest absolute Gasteiger partial charge is 0.270 e. The third-order valence-corrected chi connectivity index (χ3v) is 3.91. The van der Waals surface area contributed by atoms with Gasteiger partial charge in [-0.15, -0.1) is 0 Å². The van der Waals surface area contributed by atoms with E-state index < -0.39 is 4.92 Å². The molecule has 5 heteroatoms. The number of nitro benzene ring substituents is 1. The molecule has 0 fully saturated rings. The summed E-state index contributed by atoms with van der Waals surface area (Å²) in [4.78, 5) is 10.3. The molecule has 0 spiro atoms. The van der Waals surface area contributed by atoms with Gasteiger partial charge in [0, 0.05) is 22.2 Å². The number of hydrogen-bond acceptors (Lipinski definition) is 3. The average Bonchev–Trinajstić information content (AvgIpc) is 2.46. The van der Waals surface area contributed by atoms with Gasteiger partial charge in [0.1, 0.15) is 12.4 Å². The van der Waals surface area contributed by atoms with E-state index in [1.54, 1.807) is 6.07 Å². The summed E-state index contributed by atoms with van der Waals surface area (Å²) in [6.45, 7) is 4.59. The predicted molar refractivity (Wildman–Crippen MR) is 85.7 cm³/mol. The minimum Gasteiger partial charge on any atom is -0.489 e. The van der Waals surface area contributed by atoms with Crippen LogP contribution in [0.5, 0.6) is 5.75 Å². The van der Waals surface area contributed by atoms with Crippen LogP contribution < -0.4 is 4.74 Å². The first kappa shape index (κ1) is 15.5. The van der Waals surface area contributed by atoms with Crippen LogP contribution in [0.2, 0.25) is 0 Å². The lowest BCUT2D eigenvalue weighted by atomic mass is 10.0. The lowest BCUT2D eigenvalue weighted by Gasteiger charge is -2.14. The highest BCUT2D eigenvalue weighted by Crippen LogP contribution is 2.28. The van der Waals surface area contributed by atoms with Crippen LogP contribution in [-0.4, -0.2) is 4.92 Å². The number of rotatable bonds is 5. The second kappa shape index (κ2) is 6.72. The van der Waals surface area contributed by atoms with Crippen molar-refractivity contribution in [3.8, 4) is 5.75 Å². The summed E-state index contributed by atoms with van der Waals surface area (Å²) in [6.07, 6.45) is 0. The van der Waals surface area contributed by atoms with Crippen LogP contribution in [0.15, 0.2) is 46.9 Å². The van der Waals surface area contributed by atoms with Crippen molar-refractivity contribution in [3.63, 3.8) is 0 Å². The molecule has 0 saturated carbocycles. The molecule has 0 radical (unpaired) electrons. The summed E-state index contributed by atoms with van der Waals surface area (Å²) in [6, 6.07) is 12.6. The van der Waals surface area contributed by atoms with E-state index in [9.17, 15) is 10.1 Å².